The van der Waals surface area contributed by atoms with Gasteiger partial charge in [0, 0.05) is 11.3 Å². The predicted molar refractivity (Wildman–Crippen MR) is 84.4 cm³/mol. The van der Waals surface area contributed by atoms with Gasteiger partial charge in [-0.1, -0.05) is 60.7 Å². The summed E-state index contributed by atoms with van der Waals surface area (Å²) in [5.74, 6) is -1.31. The molecule has 0 bridgehead atoms. The maximum absolute atomic E-state index is 12.3. The molecule has 0 aliphatic carbocycles. The highest BCUT2D eigenvalue weighted by Gasteiger charge is 2.42. The molecule has 2 aromatic rings. The van der Waals surface area contributed by atoms with E-state index in [-0.39, 0.29) is 23.5 Å². The van der Waals surface area contributed by atoms with Gasteiger partial charge in [0.05, 0.1) is 11.8 Å². The van der Waals surface area contributed by atoms with E-state index in [2.05, 4.69) is 0 Å². The molecular weight excluding hydrogens is 294 g/mol. The first-order valence-corrected chi connectivity index (χ1v) is 7.57. The van der Waals surface area contributed by atoms with E-state index in [1.165, 1.54) is 0 Å². The first-order valence-electron chi connectivity index (χ1n) is 7.57. The van der Waals surface area contributed by atoms with Crippen molar-refractivity contribution in [1.82, 2.24) is 0 Å². The number of carbonyl (C=O) groups excluding carboxylic acids is 1. The molecule has 3 atom stereocenters. The lowest BCUT2D eigenvalue weighted by Crippen LogP contribution is -2.24. The van der Waals surface area contributed by atoms with Crippen LogP contribution in [0.3, 0.4) is 0 Å². The summed E-state index contributed by atoms with van der Waals surface area (Å²) in [7, 11) is 0. The van der Waals surface area contributed by atoms with E-state index in [1.54, 1.807) is 0 Å². The fourth-order valence-corrected chi connectivity index (χ4v) is 3.13. The SMILES string of the molecule is O=C1O[C@@H](c2ccccc2)C[C@@H]1[C@H](C[N+](=O)[O-])c1ccccc1. The quantitative estimate of drug-likeness (QED) is 0.482. The van der Waals surface area contributed by atoms with Gasteiger partial charge in [-0.15, -0.1) is 0 Å². The lowest BCUT2D eigenvalue weighted by Gasteiger charge is -2.17. The summed E-state index contributed by atoms with van der Waals surface area (Å²) in [5.41, 5.74) is 1.73. The van der Waals surface area contributed by atoms with Crippen LogP contribution in [0.2, 0.25) is 0 Å². The Hall–Kier alpha value is -2.69. The van der Waals surface area contributed by atoms with Crippen LogP contribution >= 0.6 is 0 Å². The molecule has 1 heterocycles. The van der Waals surface area contributed by atoms with E-state index < -0.39 is 11.8 Å². The number of nitrogens with zero attached hydrogens (tertiary/aromatic N) is 1. The van der Waals surface area contributed by atoms with Gasteiger partial charge in [-0.05, 0) is 11.1 Å². The molecule has 5 heteroatoms. The summed E-state index contributed by atoms with van der Waals surface area (Å²) in [5, 5.41) is 11.1. The molecule has 1 aliphatic rings. The molecule has 0 saturated carbocycles. The van der Waals surface area contributed by atoms with Crippen molar-refractivity contribution in [3.63, 3.8) is 0 Å². The smallest absolute Gasteiger partial charge is 0.310 e. The van der Waals surface area contributed by atoms with Gasteiger partial charge in [-0.3, -0.25) is 14.9 Å². The molecule has 0 unspecified atom stereocenters. The molecule has 0 radical (unpaired) electrons. The van der Waals surface area contributed by atoms with Crippen molar-refractivity contribution in [2.75, 3.05) is 6.54 Å². The number of hydrogen-bond acceptors (Lipinski definition) is 4. The number of ether oxygens (including phenoxy) is 1. The summed E-state index contributed by atoms with van der Waals surface area (Å²) >= 11 is 0. The molecule has 3 rings (SSSR count). The zero-order valence-corrected chi connectivity index (χ0v) is 12.5. The fraction of sp³-hybridized carbons (Fsp3) is 0.278. The lowest BCUT2D eigenvalue weighted by molar-refractivity contribution is -0.484. The average molecular weight is 311 g/mol. The van der Waals surface area contributed by atoms with Crippen molar-refractivity contribution in [2.45, 2.75) is 18.4 Å². The maximum Gasteiger partial charge on any atom is 0.310 e. The number of esters is 1. The predicted octanol–water partition coefficient (Wildman–Crippen LogP) is 3.35. The van der Waals surface area contributed by atoms with Crippen molar-refractivity contribution < 1.29 is 14.5 Å². The van der Waals surface area contributed by atoms with Crippen LogP contribution < -0.4 is 0 Å². The Morgan fingerprint density at radius 1 is 1.09 bits per heavy atom. The molecule has 0 N–H and O–H groups in total. The zero-order chi connectivity index (χ0) is 16.2. The van der Waals surface area contributed by atoms with Crippen molar-refractivity contribution in [3.05, 3.63) is 81.9 Å². The van der Waals surface area contributed by atoms with E-state index in [0.29, 0.717) is 6.42 Å². The normalized spacial score (nSPS) is 21.7. The molecule has 118 valence electrons. The van der Waals surface area contributed by atoms with Gasteiger partial charge in [0.1, 0.15) is 6.10 Å². The van der Waals surface area contributed by atoms with Crippen molar-refractivity contribution >= 4 is 5.97 Å². The number of benzene rings is 2. The Kier molecular flexibility index (Phi) is 4.37. The summed E-state index contributed by atoms with van der Waals surface area (Å²) in [6.45, 7) is -0.273. The second-order valence-corrected chi connectivity index (χ2v) is 5.71. The Balaban J connectivity index is 1.85. The van der Waals surface area contributed by atoms with Crippen molar-refractivity contribution in [1.29, 1.82) is 0 Å². The Bertz CT molecular complexity index is 687. The summed E-state index contributed by atoms with van der Waals surface area (Å²) in [6.07, 6.45) is 0.141. The van der Waals surface area contributed by atoms with E-state index in [1.807, 2.05) is 60.7 Å². The maximum atomic E-state index is 12.3. The standard InChI is InChI=1S/C18H17NO4/c20-18-15(11-17(23-18)14-9-5-2-6-10-14)16(12-19(21)22)13-7-3-1-4-8-13/h1-10,15-17H,11-12H2/t15-,16-,17-/m1/s1. The van der Waals surface area contributed by atoms with Crippen LogP contribution in [0.25, 0.3) is 0 Å². The first kappa shape index (κ1) is 15.2. The molecule has 0 amide bonds. The Morgan fingerprint density at radius 2 is 1.70 bits per heavy atom. The third-order valence-corrected chi connectivity index (χ3v) is 4.26. The van der Waals surface area contributed by atoms with Gasteiger partial charge in [0.2, 0.25) is 6.54 Å². The van der Waals surface area contributed by atoms with Gasteiger partial charge in [0.25, 0.3) is 0 Å². The number of carbonyl (C=O) groups is 1. The third-order valence-electron chi connectivity index (χ3n) is 4.26. The van der Waals surface area contributed by atoms with Gasteiger partial charge in [0.15, 0.2) is 0 Å². The minimum Gasteiger partial charge on any atom is -0.457 e. The molecule has 23 heavy (non-hydrogen) atoms. The van der Waals surface area contributed by atoms with Crippen LogP contribution in [0.4, 0.5) is 0 Å². The Morgan fingerprint density at radius 3 is 2.30 bits per heavy atom. The first-order chi connectivity index (χ1) is 11.1. The van der Waals surface area contributed by atoms with Gasteiger partial charge >= 0.3 is 5.97 Å². The summed E-state index contributed by atoms with van der Waals surface area (Å²) in [6, 6.07) is 18.7. The topological polar surface area (TPSA) is 69.4 Å². The van der Waals surface area contributed by atoms with E-state index in [0.717, 1.165) is 11.1 Å². The van der Waals surface area contributed by atoms with Crippen molar-refractivity contribution in [2.24, 2.45) is 5.92 Å². The molecule has 1 aliphatic heterocycles. The second kappa shape index (κ2) is 6.60. The summed E-state index contributed by atoms with van der Waals surface area (Å²) in [4.78, 5) is 23.0. The molecular formula is C18H17NO4. The number of rotatable bonds is 5. The third kappa shape index (κ3) is 3.39. The van der Waals surface area contributed by atoms with Gasteiger partial charge in [-0.2, -0.15) is 0 Å². The lowest BCUT2D eigenvalue weighted by atomic mass is 9.83. The van der Waals surface area contributed by atoms with Gasteiger partial charge in [-0.25, -0.2) is 0 Å². The fourth-order valence-electron chi connectivity index (χ4n) is 3.13. The minimum atomic E-state index is -0.493. The highest BCUT2D eigenvalue weighted by atomic mass is 16.6. The minimum absolute atomic E-state index is 0.273. The molecule has 1 fully saturated rings. The van der Waals surface area contributed by atoms with Crippen LogP contribution in [0, 0.1) is 16.0 Å². The largest absolute Gasteiger partial charge is 0.457 e. The highest BCUT2D eigenvalue weighted by molar-refractivity contribution is 5.76. The van der Waals surface area contributed by atoms with Crippen LogP contribution in [0.1, 0.15) is 29.6 Å². The highest BCUT2D eigenvalue weighted by Crippen LogP contribution is 2.40. The van der Waals surface area contributed by atoms with Crippen molar-refractivity contribution in [3.8, 4) is 0 Å². The van der Waals surface area contributed by atoms with Crippen LogP contribution in [0.5, 0.6) is 0 Å². The molecule has 0 spiro atoms. The molecule has 2 aromatic carbocycles. The monoisotopic (exact) mass is 311 g/mol. The Labute approximate surface area is 134 Å². The summed E-state index contributed by atoms with van der Waals surface area (Å²) < 4.78 is 5.48. The van der Waals surface area contributed by atoms with E-state index in [4.69, 9.17) is 4.74 Å². The second-order valence-electron chi connectivity index (χ2n) is 5.71. The number of cyclic esters (lactones) is 1. The van der Waals surface area contributed by atoms with E-state index >= 15 is 0 Å². The van der Waals surface area contributed by atoms with E-state index in [9.17, 15) is 14.9 Å². The number of hydrogen-bond donors (Lipinski definition) is 0. The molecule has 1 saturated heterocycles. The van der Waals surface area contributed by atoms with Crippen LogP contribution in [0.15, 0.2) is 60.7 Å². The molecule has 5 nitrogen and oxygen atoms in total. The average Bonchev–Trinajstić information content (AvgIpc) is 2.96. The molecule has 0 aromatic heterocycles. The van der Waals surface area contributed by atoms with Crippen LogP contribution in [-0.4, -0.2) is 17.4 Å². The van der Waals surface area contributed by atoms with Crippen LogP contribution in [-0.2, 0) is 9.53 Å². The number of nitro groups is 1. The van der Waals surface area contributed by atoms with Gasteiger partial charge < -0.3 is 4.74 Å². The zero-order valence-electron chi connectivity index (χ0n) is 12.5.